The van der Waals surface area contributed by atoms with Gasteiger partial charge in [0.25, 0.3) is 5.91 Å². The van der Waals surface area contributed by atoms with Gasteiger partial charge in [-0.1, -0.05) is 0 Å². The topological polar surface area (TPSA) is 95.5 Å². The number of piperazine rings is 1. The highest BCUT2D eigenvalue weighted by Crippen LogP contribution is 2.14. The summed E-state index contributed by atoms with van der Waals surface area (Å²) in [6.07, 6.45) is 0. The number of anilines is 2. The molecule has 0 aliphatic carbocycles. The van der Waals surface area contributed by atoms with Crippen molar-refractivity contribution in [2.75, 3.05) is 36.4 Å². The van der Waals surface area contributed by atoms with Crippen LogP contribution in [0, 0.1) is 0 Å². The summed E-state index contributed by atoms with van der Waals surface area (Å²) in [6, 6.07) is 10.0. The van der Waals surface area contributed by atoms with Gasteiger partial charge in [0, 0.05) is 44.4 Å². The molecular weight excluding hydrogens is 346 g/mol. The SMILES string of the molecule is CC(=O)c1ccc(NC(=O)c2ccc(N3CCN(C(C)=O)CC3)nn2)cc1. The summed E-state index contributed by atoms with van der Waals surface area (Å²) >= 11 is 0. The second kappa shape index (κ2) is 7.94. The summed E-state index contributed by atoms with van der Waals surface area (Å²) in [5.41, 5.74) is 1.37. The molecule has 2 heterocycles. The van der Waals surface area contributed by atoms with Crippen LogP contribution in [-0.4, -0.2) is 58.9 Å². The number of amides is 2. The number of rotatable bonds is 4. The molecule has 1 saturated heterocycles. The molecule has 0 atom stereocenters. The molecule has 0 saturated carbocycles. The van der Waals surface area contributed by atoms with E-state index in [9.17, 15) is 14.4 Å². The number of carbonyl (C=O) groups is 3. The first-order chi connectivity index (χ1) is 12.9. The van der Waals surface area contributed by atoms with Gasteiger partial charge in [-0.2, -0.15) is 0 Å². The van der Waals surface area contributed by atoms with Crippen LogP contribution in [0.2, 0.25) is 0 Å². The standard InChI is InChI=1S/C19H21N5O3/c1-13(25)15-3-5-16(6-4-15)20-19(27)17-7-8-18(22-21-17)24-11-9-23(10-12-24)14(2)26/h3-8H,9-12H2,1-2H3,(H,20,27). The molecule has 8 nitrogen and oxygen atoms in total. The largest absolute Gasteiger partial charge is 0.352 e. The maximum atomic E-state index is 12.3. The molecule has 2 amide bonds. The normalized spacial score (nSPS) is 14.0. The van der Waals surface area contributed by atoms with Crippen LogP contribution in [0.4, 0.5) is 11.5 Å². The molecule has 1 aliphatic heterocycles. The second-order valence-electron chi connectivity index (χ2n) is 6.36. The van der Waals surface area contributed by atoms with Crippen LogP contribution in [-0.2, 0) is 4.79 Å². The van der Waals surface area contributed by atoms with Crippen molar-refractivity contribution in [3.05, 3.63) is 47.7 Å². The number of carbonyl (C=O) groups excluding carboxylic acids is 3. The van der Waals surface area contributed by atoms with Crippen molar-refractivity contribution in [1.82, 2.24) is 15.1 Å². The number of benzene rings is 1. The summed E-state index contributed by atoms with van der Waals surface area (Å²) in [6.45, 7) is 5.72. The quantitative estimate of drug-likeness (QED) is 0.825. The first kappa shape index (κ1) is 18.5. The molecule has 140 valence electrons. The molecule has 27 heavy (non-hydrogen) atoms. The predicted molar refractivity (Wildman–Crippen MR) is 101 cm³/mol. The Labute approximate surface area is 157 Å². The van der Waals surface area contributed by atoms with Gasteiger partial charge in [-0.3, -0.25) is 14.4 Å². The highest BCUT2D eigenvalue weighted by atomic mass is 16.2. The Morgan fingerprint density at radius 3 is 2.07 bits per heavy atom. The van der Waals surface area contributed by atoms with Gasteiger partial charge in [0.15, 0.2) is 17.3 Å². The lowest BCUT2D eigenvalue weighted by molar-refractivity contribution is -0.129. The van der Waals surface area contributed by atoms with E-state index in [4.69, 9.17) is 0 Å². The Bertz CT molecular complexity index is 841. The molecule has 1 fully saturated rings. The van der Waals surface area contributed by atoms with E-state index >= 15 is 0 Å². The van der Waals surface area contributed by atoms with Gasteiger partial charge in [-0.25, -0.2) is 0 Å². The average molecular weight is 367 g/mol. The Morgan fingerprint density at radius 1 is 0.889 bits per heavy atom. The van der Waals surface area contributed by atoms with E-state index in [0.717, 1.165) is 0 Å². The number of Topliss-reactive ketones (excluding diaryl/α,β-unsaturated/α-hetero) is 1. The number of aromatic nitrogens is 2. The average Bonchev–Trinajstić information content (AvgIpc) is 2.68. The fourth-order valence-electron chi connectivity index (χ4n) is 2.85. The van der Waals surface area contributed by atoms with Crippen LogP contribution in [0.5, 0.6) is 0 Å². The van der Waals surface area contributed by atoms with Gasteiger partial charge in [0.1, 0.15) is 0 Å². The van der Waals surface area contributed by atoms with Crippen LogP contribution in [0.3, 0.4) is 0 Å². The van der Waals surface area contributed by atoms with E-state index in [1.165, 1.54) is 6.92 Å². The molecule has 1 aromatic heterocycles. The van der Waals surface area contributed by atoms with Crippen molar-refractivity contribution < 1.29 is 14.4 Å². The van der Waals surface area contributed by atoms with Crippen molar-refractivity contribution in [1.29, 1.82) is 0 Å². The zero-order chi connectivity index (χ0) is 19.4. The number of hydrogen-bond donors (Lipinski definition) is 1. The molecule has 1 N–H and O–H groups in total. The van der Waals surface area contributed by atoms with E-state index in [2.05, 4.69) is 15.5 Å². The molecule has 0 radical (unpaired) electrons. The zero-order valence-electron chi connectivity index (χ0n) is 15.3. The minimum atomic E-state index is -0.369. The third-order valence-corrected chi connectivity index (χ3v) is 4.48. The van der Waals surface area contributed by atoms with Gasteiger partial charge in [-0.15, -0.1) is 10.2 Å². The Hall–Kier alpha value is -3.29. The van der Waals surface area contributed by atoms with E-state index in [-0.39, 0.29) is 23.3 Å². The molecule has 1 aliphatic rings. The summed E-state index contributed by atoms with van der Waals surface area (Å²) in [4.78, 5) is 38.8. The molecule has 3 rings (SSSR count). The van der Waals surface area contributed by atoms with Crippen molar-refractivity contribution >= 4 is 29.1 Å². The molecular formula is C19H21N5O3. The predicted octanol–water partition coefficient (Wildman–Crippen LogP) is 1.60. The van der Waals surface area contributed by atoms with Gasteiger partial charge >= 0.3 is 0 Å². The molecule has 0 bridgehead atoms. The third-order valence-electron chi connectivity index (χ3n) is 4.48. The van der Waals surface area contributed by atoms with Crippen LogP contribution in [0.1, 0.15) is 34.7 Å². The summed E-state index contributed by atoms with van der Waals surface area (Å²) in [7, 11) is 0. The van der Waals surface area contributed by atoms with Crippen LogP contribution in [0.25, 0.3) is 0 Å². The van der Waals surface area contributed by atoms with Crippen molar-refractivity contribution in [2.45, 2.75) is 13.8 Å². The smallest absolute Gasteiger partial charge is 0.276 e. The van der Waals surface area contributed by atoms with Gasteiger partial charge in [0.05, 0.1) is 0 Å². The number of ketones is 1. The van der Waals surface area contributed by atoms with Crippen LogP contribution in [0.15, 0.2) is 36.4 Å². The molecule has 0 unspecified atom stereocenters. The fourth-order valence-corrected chi connectivity index (χ4v) is 2.85. The van der Waals surface area contributed by atoms with Crippen molar-refractivity contribution in [3.63, 3.8) is 0 Å². The zero-order valence-corrected chi connectivity index (χ0v) is 15.3. The Morgan fingerprint density at radius 2 is 1.56 bits per heavy atom. The van der Waals surface area contributed by atoms with E-state index in [1.807, 2.05) is 4.90 Å². The van der Waals surface area contributed by atoms with Crippen molar-refractivity contribution in [3.8, 4) is 0 Å². The highest BCUT2D eigenvalue weighted by Gasteiger charge is 2.20. The Balaban J connectivity index is 1.60. The Kier molecular flexibility index (Phi) is 5.44. The number of hydrogen-bond acceptors (Lipinski definition) is 6. The maximum absolute atomic E-state index is 12.3. The van der Waals surface area contributed by atoms with Gasteiger partial charge < -0.3 is 15.1 Å². The minimum absolute atomic E-state index is 0.0292. The number of nitrogens with one attached hydrogen (secondary N) is 1. The fraction of sp³-hybridized carbons (Fsp3) is 0.316. The maximum Gasteiger partial charge on any atom is 0.276 e. The summed E-state index contributed by atoms with van der Waals surface area (Å²) in [5, 5.41) is 10.9. The van der Waals surface area contributed by atoms with E-state index < -0.39 is 0 Å². The molecule has 1 aromatic carbocycles. The summed E-state index contributed by atoms with van der Waals surface area (Å²) < 4.78 is 0. The monoisotopic (exact) mass is 367 g/mol. The van der Waals surface area contributed by atoms with E-state index in [0.29, 0.717) is 43.2 Å². The summed E-state index contributed by atoms with van der Waals surface area (Å²) in [5.74, 6) is 0.356. The lowest BCUT2D eigenvalue weighted by Gasteiger charge is -2.34. The minimum Gasteiger partial charge on any atom is -0.352 e. The van der Waals surface area contributed by atoms with Crippen molar-refractivity contribution in [2.24, 2.45) is 0 Å². The van der Waals surface area contributed by atoms with E-state index in [1.54, 1.807) is 48.2 Å². The lowest BCUT2D eigenvalue weighted by atomic mass is 10.1. The van der Waals surface area contributed by atoms with Gasteiger partial charge in [-0.05, 0) is 43.3 Å². The number of nitrogens with zero attached hydrogens (tertiary/aromatic N) is 4. The first-order valence-electron chi connectivity index (χ1n) is 8.70. The van der Waals surface area contributed by atoms with Crippen LogP contribution >= 0.6 is 0 Å². The lowest BCUT2D eigenvalue weighted by Crippen LogP contribution is -2.48. The highest BCUT2D eigenvalue weighted by molar-refractivity contribution is 6.03. The van der Waals surface area contributed by atoms with Gasteiger partial charge in [0.2, 0.25) is 5.91 Å². The molecule has 0 spiro atoms. The molecule has 8 heteroatoms. The van der Waals surface area contributed by atoms with Crippen LogP contribution < -0.4 is 10.2 Å². The third kappa shape index (κ3) is 4.46. The molecule has 2 aromatic rings. The first-order valence-corrected chi connectivity index (χ1v) is 8.70. The second-order valence-corrected chi connectivity index (χ2v) is 6.36.